The average molecular weight is 303 g/mol. The van der Waals surface area contributed by atoms with Gasteiger partial charge in [0.2, 0.25) is 5.89 Å². The lowest BCUT2D eigenvalue weighted by Crippen LogP contribution is -2.31. The van der Waals surface area contributed by atoms with Gasteiger partial charge in [0.1, 0.15) is 5.76 Å². The van der Waals surface area contributed by atoms with Gasteiger partial charge in [0.05, 0.1) is 12.3 Å². The fraction of sp³-hybridized carbons (Fsp3) is 0.375. The average Bonchev–Trinajstić information content (AvgIpc) is 2.94. The number of carbonyl (C=O) groups excluding carboxylic acids is 1. The molecular formula is C16H21N3O3. The molecular weight excluding hydrogens is 282 g/mol. The van der Waals surface area contributed by atoms with Crippen LogP contribution in [0.15, 0.2) is 34.9 Å². The molecule has 1 unspecified atom stereocenters. The standard InChI is InChI=1S/C16H21N3O3/c1-3-14(20)7-8-17-16(21)19-13-6-4-5-12(9-13)15-18-10-11(2)22-15/h4-6,9-10,14,20H,3,7-8H2,1-2H3,(H2,17,19,21). The van der Waals surface area contributed by atoms with Gasteiger partial charge >= 0.3 is 6.03 Å². The number of aliphatic hydroxyl groups excluding tert-OH is 1. The Morgan fingerprint density at radius 3 is 2.95 bits per heavy atom. The van der Waals surface area contributed by atoms with Gasteiger partial charge in [0, 0.05) is 17.8 Å². The van der Waals surface area contributed by atoms with Gasteiger partial charge < -0.3 is 20.2 Å². The Balaban J connectivity index is 1.91. The van der Waals surface area contributed by atoms with Gasteiger partial charge in [-0.1, -0.05) is 13.0 Å². The summed E-state index contributed by atoms with van der Waals surface area (Å²) in [6, 6.07) is 6.98. The number of amides is 2. The zero-order valence-electron chi connectivity index (χ0n) is 12.8. The van der Waals surface area contributed by atoms with E-state index in [4.69, 9.17) is 4.42 Å². The number of urea groups is 1. The molecule has 0 aliphatic heterocycles. The van der Waals surface area contributed by atoms with E-state index < -0.39 is 0 Å². The summed E-state index contributed by atoms with van der Waals surface area (Å²) in [4.78, 5) is 16.0. The third kappa shape index (κ3) is 4.60. The number of nitrogens with zero attached hydrogens (tertiary/aromatic N) is 1. The predicted molar refractivity (Wildman–Crippen MR) is 84.6 cm³/mol. The Morgan fingerprint density at radius 2 is 2.27 bits per heavy atom. The second kappa shape index (κ2) is 7.61. The maximum Gasteiger partial charge on any atom is 0.319 e. The highest BCUT2D eigenvalue weighted by atomic mass is 16.4. The maximum atomic E-state index is 11.8. The summed E-state index contributed by atoms with van der Waals surface area (Å²) < 4.78 is 5.47. The Hall–Kier alpha value is -2.34. The van der Waals surface area contributed by atoms with E-state index in [1.165, 1.54) is 0 Å². The van der Waals surface area contributed by atoms with Crippen LogP contribution >= 0.6 is 0 Å². The summed E-state index contributed by atoms with van der Waals surface area (Å²) in [6.07, 6.45) is 2.50. The Bertz CT molecular complexity index is 625. The Kier molecular flexibility index (Phi) is 5.55. The summed E-state index contributed by atoms with van der Waals surface area (Å²) in [7, 11) is 0. The van der Waals surface area contributed by atoms with Crippen LogP contribution in [0.5, 0.6) is 0 Å². The van der Waals surface area contributed by atoms with E-state index in [-0.39, 0.29) is 12.1 Å². The van der Waals surface area contributed by atoms with E-state index in [0.717, 1.165) is 11.3 Å². The van der Waals surface area contributed by atoms with Crippen molar-refractivity contribution in [2.24, 2.45) is 0 Å². The first kappa shape index (κ1) is 16.0. The molecule has 22 heavy (non-hydrogen) atoms. The lowest BCUT2D eigenvalue weighted by atomic mass is 10.2. The van der Waals surface area contributed by atoms with Crippen LogP contribution in [0.4, 0.5) is 10.5 Å². The van der Waals surface area contributed by atoms with Crippen molar-refractivity contribution in [1.82, 2.24) is 10.3 Å². The number of oxazole rings is 1. The van der Waals surface area contributed by atoms with Crippen molar-refractivity contribution in [2.75, 3.05) is 11.9 Å². The predicted octanol–water partition coefficient (Wildman–Crippen LogP) is 2.93. The summed E-state index contributed by atoms with van der Waals surface area (Å²) in [5, 5.41) is 14.9. The van der Waals surface area contributed by atoms with Gasteiger partial charge in [0.25, 0.3) is 0 Å². The largest absolute Gasteiger partial charge is 0.441 e. The molecule has 6 heteroatoms. The molecule has 2 amide bonds. The number of hydrogen-bond donors (Lipinski definition) is 3. The van der Waals surface area contributed by atoms with E-state index in [0.29, 0.717) is 31.0 Å². The molecule has 1 aromatic heterocycles. The van der Waals surface area contributed by atoms with Crippen molar-refractivity contribution in [3.63, 3.8) is 0 Å². The quantitative estimate of drug-likeness (QED) is 0.765. The first-order chi connectivity index (χ1) is 10.6. The van der Waals surface area contributed by atoms with Crippen molar-refractivity contribution in [1.29, 1.82) is 0 Å². The van der Waals surface area contributed by atoms with Gasteiger partial charge in [-0.15, -0.1) is 0 Å². The van der Waals surface area contributed by atoms with Crippen LogP contribution < -0.4 is 10.6 Å². The SMILES string of the molecule is CCC(O)CCNC(=O)Nc1cccc(-c2ncc(C)o2)c1. The number of aromatic nitrogens is 1. The number of hydrogen-bond acceptors (Lipinski definition) is 4. The molecule has 0 spiro atoms. The number of nitrogens with one attached hydrogen (secondary N) is 2. The molecule has 0 aliphatic carbocycles. The highest BCUT2D eigenvalue weighted by Gasteiger charge is 2.07. The van der Waals surface area contributed by atoms with E-state index in [1.807, 2.05) is 26.0 Å². The van der Waals surface area contributed by atoms with Crippen LogP contribution in [0, 0.1) is 6.92 Å². The molecule has 1 atom stereocenters. The van der Waals surface area contributed by atoms with Gasteiger partial charge in [-0.05, 0) is 38.0 Å². The summed E-state index contributed by atoms with van der Waals surface area (Å²) in [6.45, 7) is 4.16. The van der Waals surface area contributed by atoms with Crippen molar-refractivity contribution in [2.45, 2.75) is 32.8 Å². The molecule has 3 N–H and O–H groups in total. The fourth-order valence-corrected chi connectivity index (χ4v) is 1.95. The normalized spacial score (nSPS) is 12.0. The zero-order chi connectivity index (χ0) is 15.9. The molecule has 6 nitrogen and oxygen atoms in total. The van der Waals surface area contributed by atoms with Crippen LogP contribution in [0.1, 0.15) is 25.5 Å². The van der Waals surface area contributed by atoms with Crippen LogP contribution in [-0.4, -0.2) is 28.8 Å². The van der Waals surface area contributed by atoms with Crippen molar-refractivity contribution >= 4 is 11.7 Å². The lowest BCUT2D eigenvalue weighted by Gasteiger charge is -2.10. The number of benzene rings is 1. The lowest BCUT2D eigenvalue weighted by molar-refractivity contribution is 0.160. The molecule has 2 aromatic rings. The number of carbonyl (C=O) groups is 1. The van der Waals surface area contributed by atoms with E-state index in [2.05, 4.69) is 15.6 Å². The van der Waals surface area contributed by atoms with Crippen LogP contribution in [-0.2, 0) is 0 Å². The van der Waals surface area contributed by atoms with Gasteiger partial charge in [-0.25, -0.2) is 9.78 Å². The van der Waals surface area contributed by atoms with Crippen molar-refractivity contribution in [3.8, 4) is 11.5 Å². The Morgan fingerprint density at radius 1 is 1.45 bits per heavy atom. The fourth-order valence-electron chi connectivity index (χ4n) is 1.95. The number of anilines is 1. The van der Waals surface area contributed by atoms with Crippen LogP contribution in [0.3, 0.4) is 0 Å². The first-order valence-electron chi connectivity index (χ1n) is 7.34. The molecule has 0 saturated heterocycles. The molecule has 0 radical (unpaired) electrons. The molecule has 0 aliphatic rings. The molecule has 0 saturated carbocycles. The summed E-state index contributed by atoms with van der Waals surface area (Å²) >= 11 is 0. The van der Waals surface area contributed by atoms with Gasteiger partial charge in [-0.3, -0.25) is 0 Å². The van der Waals surface area contributed by atoms with Crippen LogP contribution in [0.25, 0.3) is 11.5 Å². The van der Waals surface area contributed by atoms with E-state index >= 15 is 0 Å². The van der Waals surface area contributed by atoms with E-state index in [1.54, 1.807) is 18.3 Å². The first-order valence-corrected chi connectivity index (χ1v) is 7.34. The minimum Gasteiger partial charge on any atom is -0.441 e. The molecule has 0 fully saturated rings. The van der Waals surface area contributed by atoms with Gasteiger partial charge in [0.15, 0.2) is 0 Å². The monoisotopic (exact) mass is 303 g/mol. The molecule has 1 heterocycles. The van der Waals surface area contributed by atoms with Crippen molar-refractivity contribution < 1.29 is 14.3 Å². The second-order valence-corrected chi connectivity index (χ2v) is 5.09. The van der Waals surface area contributed by atoms with Crippen molar-refractivity contribution in [3.05, 3.63) is 36.2 Å². The summed E-state index contributed by atoms with van der Waals surface area (Å²) in [5.74, 6) is 1.26. The van der Waals surface area contributed by atoms with Gasteiger partial charge in [-0.2, -0.15) is 0 Å². The number of rotatable bonds is 6. The molecule has 2 rings (SSSR count). The number of aryl methyl sites for hydroxylation is 1. The summed E-state index contributed by atoms with van der Waals surface area (Å²) in [5.41, 5.74) is 1.45. The maximum absolute atomic E-state index is 11.8. The highest BCUT2D eigenvalue weighted by molar-refractivity contribution is 5.89. The minimum absolute atomic E-state index is 0.302. The molecule has 118 valence electrons. The third-order valence-electron chi connectivity index (χ3n) is 3.22. The van der Waals surface area contributed by atoms with E-state index in [9.17, 15) is 9.90 Å². The minimum atomic E-state index is -0.378. The Labute approximate surface area is 129 Å². The zero-order valence-corrected chi connectivity index (χ0v) is 12.8. The topological polar surface area (TPSA) is 87.4 Å². The number of aliphatic hydroxyl groups is 1. The highest BCUT2D eigenvalue weighted by Crippen LogP contribution is 2.22. The third-order valence-corrected chi connectivity index (χ3v) is 3.22. The second-order valence-electron chi connectivity index (χ2n) is 5.09. The molecule has 1 aromatic carbocycles. The smallest absolute Gasteiger partial charge is 0.319 e. The van der Waals surface area contributed by atoms with Crippen LogP contribution in [0.2, 0.25) is 0 Å². The molecule has 0 bridgehead atoms.